The van der Waals surface area contributed by atoms with E-state index in [-0.39, 0.29) is 24.2 Å². The molecule has 0 unspecified atom stereocenters. The molecule has 0 spiro atoms. The number of aromatic hydroxyl groups is 1. The van der Waals surface area contributed by atoms with Crippen molar-refractivity contribution in [3.8, 4) is 5.75 Å². The zero-order valence-electron chi connectivity index (χ0n) is 9.61. The molecule has 0 aliphatic rings. The van der Waals surface area contributed by atoms with E-state index in [1.165, 1.54) is 0 Å². The van der Waals surface area contributed by atoms with E-state index in [0.717, 1.165) is 18.4 Å². The highest BCUT2D eigenvalue weighted by Crippen LogP contribution is 2.27. The molecule has 0 fully saturated rings. The summed E-state index contributed by atoms with van der Waals surface area (Å²) in [5, 5.41) is 9.64. The second-order valence-corrected chi connectivity index (χ2v) is 4.70. The van der Waals surface area contributed by atoms with Gasteiger partial charge in [0.2, 0.25) is 0 Å². The first-order chi connectivity index (χ1) is 7.00. The fourth-order valence-electron chi connectivity index (χ4n) is 1.43. The Morgan fingerprint density at radius 1 is 1.31 bits per heavy atom. The average Bonchev–Trinajstić information content (AvgIpc) is 2.18. The highest BCUT2D eigenvalue weighted by atomic mass is 35.5. The van der Waals surface area contributed by atoms with Gasteiger partial charge in [0.15, 0.2) is 0 Å². The maximum Gasteiger partial charge on any atom is 0.134 e. The molecule has 1 aromatic carbocycles. The second-order valence-electron chi connectivity index (χ2n) is 4.29. The molecular formula is C12H19Cl2NO. The fourth-order valence-corrected chi connectivity index (χ4v) is 1.62. The second kappa shape index (κ2) is 7.00. The summed E-state index contributed by atoms with van der Waals surface area (Å²) >= 11 is 5.82. The van der Waals surface area contributed by atoms with E-state index in [1.54, 1.807) is 12.1 Å². The fraction of sp³-hybridized carbons (Fsp3) is 0.500. The third kappa shape index (κ3) is 4.60. The van der Waals surface area contributed by atoms with Crippen LogP contribution in [0.4, 0.5) is 0 Å². The summed E-state index contributed by atoms with van der Waals surface area (Å²) in [5.74, 6) is 0.764. The van der Waals surface area contributed by atoms with Gasteiger partial charge in [-0.3, -0.25) is 0 Å². The van der Waals surface area contributed by atoms with Crippen molar-refractivity contribution in [3.63, 3.8) is 0 Å². The topological polar surface area (TPSA) is 46.2 Å². The summed E-state index contributed by atoms with van der Waals surface area (Å²) in [7, 11) is 0. The lowest BCUT2D eigenvalue weighted by atomic mass is 9.98. The molecule has 0 radical (unpaired) electrons. The Morgan fingerprint density at radius 3 is 2.44 bits per heavy atom. The summed E-state index contributed by atoms with van der Waals surface area (Å²) in [4.78, 5) is 0. The lowest BCUT2D eigenvalue weighted by Crippen LogP contribution is -2.11. The van der Waals surface area contributed by atoms with Gasteiger partial charge in [0.1, 0.15) is 5.75 Å². The van der Waals surface area contributed by atoms with E-state index in [2.05, 4.69) is 13.8 Å². The maximum absolute atomic E-state index is 9.27. The number of hydrogen-bond donors (Lipinski definition) is 2. The number of halogens is 2. The molecular weight excluding hydrogens is 245 g/mol. The first kappa shape index (κ1) is 15.6. The first-order valence-electron chi connectivity index (χ1n) is 5.24. The van der Waals surface area contributed by atoms with Crippen LogP contribution in [0.2, 0.25) is 5.02 Å². The van der Waals surface area contributed by atoms with E-state index in [1.807, 2.05) is 6.07 Å². The third-order valence-electron chi connectivity index (χ3n) is 2.45. The summed E-state index contributed by atoms with van der Waals surface area (Å²) < 4.78 is 0. The molecule has 4 heteroatoms. The van der Waals surface area contributed by atoms with Crippen molar-refractivity contribution in [3.05, 3.63) is 28.8 Å². The van der Waals surface area contributed by atoms with Gasteiger partial charge < -0.3 is 10.8 Å². The van der Waals surface area contributed by atoms with Crippen LogP contribution in [-0.2, 0) is 0 Å². The monoisotopic (exact) mass is 263 g/mol. The minimum absolute atomic E-state index is 0. The summed E-state index contributed by atoms with van der Waals surface area (Å²) in [5.41, 5.74) is 7.01. The lowest BCUT2D eigenvalue weighted by Gasteiger charge is -2.14. The largest absolute Gasteiger partial charge is 0.506 e. The molecule has 3 N–H and O–H groups in total. The highest BCUT2D eigenvalue weighted by molar-refractivity contribution is 6.32. The predicted octanol–water partition coefficient (Wildman–Crippen LogP) is 3.90. The van der Waals surface area contributed by atoms with E-state index in [0.29, 0.717) is 10.9 Å². The molecule has 0 saturated heterocycles. The summed E-state index contributed by atoms with van der Waals surface area (Å²) in [6.45, 7) is 4.35. The number of phenolic OH excluding ortho intramolecular Hbond substituents is 1. The van der Waals surface area contributed by atoms with Gasteiger partial charge in [-0.2, -0.15) is 0 Å². The minimum atomic E-state index is 0. The van der Waals surface area contributed by atoms with E-state index < -0.39 is 0 Å². The van der Waals surface area contributed by atoms with Crippen molar-refractivity contribution in [2.45, 2.75) is 32.7 Å². The SMILES string of the molecule is CC(C)CC[C@H](N)c1ccc(O)c(Cl)c1.Cl. The number of benzene rings is 1. The number of nitrogens with two attached hydrogens (primary N) is 1. The van der Waals surface area contributed by atoms with Crippen molar-refractivity contribution in [2.24, 2.45) is 11.7 Å². The van der Waals surface area contributed by atoms with Crippen molar-refractivity contribution in [1.82, 2.24) is 0 Å². The van der Waals surface area contributed by atoms with E-state index in [9.17, 15) is 5.11 Å². The predicted molar refractivity (Wildman–Crippen MR) is 71.4 cm³/mol. The Bertz CT molecular complexity index is 329. The quantitative estimate of drug-likeness (QED) is 0.866. The molecule has 92 valence electrons. The summed E-state index contributed by atoms with van der Waals surface area (Å²) in [6, 6.07) is 5.16. The van der Waals surface area contributed by atoms with Gasteiger partial charge in [0.25, 0.3) is 0 Å². The molecule has 0 aromatic heterocycles. The molecule has 1 rings (SSSR count). The van der Waals surface area contributed by atoms with Crippen LogP contribution in [0.15, 0.2) is 18.2 Å². The molecule has 0 bridgehead atoms. The standard InChI is InChI=1S/C12H18ClNO.ClH/c1-8(2)3-5-11(14)9-4-6-12(15)10(13)7-9;/h4,6-8,11,15H,3,5,14H2,1-2H3;1H/t11-;/m0./s1. The van der Waals surface area contributed by atoms with Crippen LogP contribution >= 0.6 is 24.0 Å². The van der Waals surface area contributed by atoms with Gasteiger partial charge in [-0.1, -0.05) is 31.5 Å². The average molecular weight is 264 g/mol. The number of rotatable bonds is 4. The van der Waals surface area contributed by atoms with Gasteiger partial charge in [-0.05, 0) is 36.5 Å². The molecule has 0 saturated carbocycles. The Balaban J connectivity index is 0.00000225. The zero-order chi connectivity index (χ0) is 11.4. The molecule has 0 aliphatic heterocycles. The van der Waals surface area contributed by atoms with Crippen LogP contribution in [0.5, 0.6) is 5.75 Å². The van der Waals surface area contributed by atoms with Gasteiger partial charge in [0.05, 0.1) is 5.02 Å². The third-order valence-corrected chi connectivity index (χ3v) is 2.76. The molecule has 1 aromatic rings. The van der Waals surface area contributed by atoms with Crippen molar-refractivity contribution in [1.29, 1.82) is 0 Å². The smallest absolute Gasteiger partial charge is 0.134 e. The molecule has 0 aliphatic carbocycles. The molecule has 0 amide bonds. The van der Waals surface area contributed by atoms with Crippen LogP contribution in [0.3, 0.4) is 0 Å². The molecule has 16 heavy (non-hydrogen) atoms. The Kier molecular flexibility index (Phi) is 6.81. The zero-order valence-corrected chi connectivity index (χ0v) is 11.2. The van der Waals surface area contributed by atoms with Crippen LogP contribution in [0.25, 0.3) is 0 Å². The van der Waals surface area contributed by atoms with Crippen molar-refractivity contribution in [2.75, 3.05) is 0 Å². The molecule has 1 atom stereocenters. The Hall–Kier alpha value is -0.440. The van der Waals surface area contributed by atoms with Crippen LogP contribution in [-0.4, -0.2) is 5.11 Å². The van der Waals surface area contributed by atoms with Crippen LogP contribution < -0.4 is 5.73 Å². The van der Waals surface area contributed by atoms with E-state index in [4.69, 9.17) is 17.3 Å². The molecule has 2 nitrogen and oxygen atoms in total. The summed E-state index contributed by atoms with van der Waals surface area (Å²) in [6.07, 6.45) is 2.04. The van der Waals surface area contributed by atoms with Gasteiger partial charge in [-0.15, -0.1) is 12.4 Å². The van der Waals surface area contributed by atoms with Gasteiger partial charge >= 0.3 is 0 Å². The molecule has 0 heterocycles. The van der Waals surface area contributed by atoms with Crippen LogP contribution in [0, 0.1) is 5.92 Å². The number of phenols is 1. The first-order valence-corrected chi connectivity index (χ1v) is 5.62. The van der Waals surface area contributed by atoms with Crippen molar-refractivity contribution >= 4 is 24.0 Å². The maximum atomic E-state index is 9.27. The minimum Gasteiger partial charge on any atom is -0.506 e. The van der Waals surface area contributed by atoms with E-state index >= 15 is 0 Å². The van der Waals surface area contributed by atoms with Crippen molar-refractivity contribution < 1.29 is 5.11 Å². The van der Waals surface area contributed by atoms with Gasteiger partial charge in [-0.25, -0.2) is 0 Å². The van der Waals surface area contributed by atoms with Gasteiger partial charge in [0, 0.05) is 6.04 Å². The normalized spacial score (nSPS) is 12.3. The Morgan fingerprint density at radius 2 is 1.94 bits per heavy atom. The number of hydrogen-bond acceptors (Lipinski definition) is 2. The van der Waals surface area contributed by atoms with Crippen LogP contribution in [0.1, 0.15) is 38.3 Å². The lowest BCUT2D eigenvalue weighted by molar-refractivity contribution is 0.474. The Labute approximate surface area is 108 Å². The highest BCUT2D eigenvalue weighted by Gasteiger charge is 2.09.